The number of anilines is 1. The maximum absolute atomic E-state index is 12.5. The third-order valence-corrected chi connectivity index (χ3v) is 5.78. The van der Waals surface area contributed by atoms with Gasteiger partial charge in [0.15, 0.2) is 0 Å². The number of hydrogen-bond acceptors (Lipinski definition) is 4. The van der Waals surface area contributed by atoms with Crippen LogP contribution in [0, 0.1) is 6.92 Å². The number of halogens is 2. The number of likely N-dealkylation sites (tertiary alicyclic amines) is 1. The molecular formula is C20H24F2N4O2. The molecule has 8 heteroatoms. The first-order chi connectivity index (χ1) is 13.4. The van der Waals surface area contributed by atoms with Crippen LogP contribution in [0.4, 0.5) is 14.6 Å². The Labute approximate surface area is 162 Å². The number of carbonyl (C=O) groups excluding carboxylic acids is 1. The second kappa shape index (κ2) is 7.16. The van der Waals surface area contributed by atoms with Gasteiger partial charge in [-0.05, 0) is 37.5 Å². The lowest BCUT2D eigenvalue weighted by molar-refractivity contribution is -0.122. The number of hydrogen-bond donors (Lipinski definition) is 0. The fourth-order valence-electron chi connectivity index (χ4n) is 4.27. The Morgan fingerprint density at radius 1 is 1.25 bits per heavy atom. The highest BCUT2D eigenvalue weighted by Crippen LogP contribution is 2.41. The molecule has 0 atom stereocenters. The van der Waals surface area contributed by atoms with Crippen molar-refractivity contribution < 1.29 is 18.3 Å². The number of nitrogens with zero attached hydrogens (tertiary/aromatic N) is 4. The van der Waals surface area contributed by atoms with Gasteiger partial charge in [-0.1, -0.05) is 12.1 Å². The van der Waals surface area contributed by atoms with E-state index >= 15 is 0 Å². The smallest absolute Gasteiger partial charge is 0.387 e. The third kappa shape index (κ3) is 3.48. The molecule has 1 saturated heterocycles. The Bertz CT molecular complexity index is 875. The van der Waals surface area contributed by atoms with Crippen LogP contribution >= 0.6 is 0 Å². The molecule has 1 aromatic carbocycles. The van der Waals surface area contributed by atoms with Crippen molar-refractivity contribution in [2.75, 3.05) is 25.0 Å². The van der Waals surface area contributed by atoms with Crippen molar-refractivity contribution in [3.05, 3.63) is 41.6 Å². The number of carbonyl (C=O) groups is 1. The van der Waals surface area contributed by atoms with Crippen LogP contribution in [0.1, 0.15) is 30.5 Å². The monoisotopic (exact) mass is 390 g/mol. The standard InChI is InChI=1S/C20H24F2N4O2/c1-14-10-17-24(2)18(27)12-20(26(17)23-14)6-8-25(9-7-20)13-15-4-3-5-16(11-15)28-19(21)22/h3-5,10-11,19H,6-9,12-13H2,1-2H3. The average Bonchev–Trinajstić information content (AvgIpc) is 3.05. The van der Waals surface area contributed by atoms with Gasteiger partial charge in [0.05, 0.1) is 17.7 Å². The molecule has 150 valence electrons. The van der Waals surface area contributed by atoms with E-state index in [0.717, 1.165) is 43.0 Å². The van der Waals surface area contributed by atoms with Gasteiger partial charge in [0.1, 0.15) is 11.6 Å². The lowest BCUT2D eigenvalue weighted by Gasteiger charge is -2.46. The second-order valence-corrected chi connectivity index (χ2v) is 7.71. The number of rotatable bonds is 4. The fraction of sp³-hybridized carbons (Fsp3) is 0.500. The SMILES string of the molecule is Cc1cc2n(n1)C1(CCN(Cc3cccc(OC(F)F)c3)CC1)CC(=O)N2C. The van der Waals surface area contributed by atoms with E-state index in [1.54, 1.807) is 24.1 Å². The van der Waals surface area contributed by atoms with E-state index in [9.17, 15) is 13.6 Å². The number of benzene rings is 1. The average molecular weight is 390 g/mol. The van der Waals surface area contributed by atoms with E-state index in [4.69, 9.17) is 0 Å². The molecule has 1 spiro atoms. The summed E-state index contributed by atoms with van der Waals surface area (Å²) in [6.45, 7) is 1.42. The van der Waals surface area contributed by atoms with Gasteiger partial charge in [-0.25, -0.2) is 4.68 Å². The highest BCUT2D eigenvalue weighted by atomic mass is 19.3. The first-order valence-electron chi connectivity index (χ1n) is 9.46. The van der Waals surface area contributed by atoms with Crippen molar-refractivity contribution in [2.24, 2.45) is 0 Å². The van der Waals surface area contributed by atoms with Crippen molar-refractivity contribution in [2.45, 2.75) is 44.9 Å². The number of aryl methyl sites for hydroxylation is 1. The van der Waals surface area contributed by atoms with Crippen LogP contribution in [0.3, 0.4) is 0 Å². The Kier molecular flexibility index (Phi) is 4.82. The zero-order valence-corrected chi connectivity index (χ0v) is 16.1. The predicted octanol–water partition coefficient (Wildman–Crippen LogP) is 3.15. The van der Waals surface area contributed by atoms with Gasteiger partial charge in [0, 0.05) is 32.7 Å². The number of alkyl halides is 2. The third-order valence-electron chi connectivity index (χ3n) is 5.78. The normalized spacial score (nSPS) is 19.3. The highest BCUT2D eigenvalue weighted by molar-refractivity contribution is 5.94. The number of aromatic nitrogens is 2. The molecule has 2 aliphatic rings. The minimum Gasteiger partial charge on any atom is -0.435 e. The lowest BCUT2D eigenvalue weighted by atomic mass is 9.82. The number of piperidine rings is 1. The van der Waals surface area contributed by atoms with Crippen molar-refractivity contribution in [3.63, 3.8) is 0 Å². The topological polar surface area (TPSA) is 50.6 Å². The molecule has 0 aliphatic carbocycles. The van der Waals surface area contributed by atoms with Crippen LogP contribution in [0.2, 0.25) is 0 Å². The van der Waals surface area contributed by atoms with Crippen molar-refractivity contribution >= 4 is 11.7 Å². The highest BCUT2D eigenvalue weighted by Gasteiger charge is 2.45. The maximum atomic E-state index is 12.5. The minimum absolute atomic E-state index is 0.123. The summed E-state index contributed by atoms with van der Waals surface area (Å²) in [5.41, 5.74) is 1.57. The zero-order valence-electron chi connectivity index (χ0n) is 16.1. The number of fused-ring (bicyclic) bond motifs is 2. The quantitative estimate of drug-likeness (QED) is 0.805. The summed E-state index contributed by atoms with van der Waals surface area (Å²) in [4.78, 5) is 16.5. The van der Waals surface area contributed by atoms with Gasteiger partial charge in [0.25, 0.3) is 0 Å². The summed E-state index contributed by atoms with van der Waals surface area (Å²) in [6.07, 6.45) is 2.12. The lowest BCUT2D eigenvalue weighted by Crippen LogP contribution is -2.53. The summed E-state index contributed by atoms with van der Waals surface area (Å²) in [6, 6.07) is 8.79. The van der Waals surface area contributed by atoms with Crippen LogP contribution in [-0.2, 0) is 16.9 Å². The van der Waals surface area contributed by atoms with Crippen molar-refractivity contribution in [1.82, 2.24) is 14.7 Å². The predicted molar refractivity (Wildman–Crippen MR) is 101 cm³/mol. The molecule has 2 aliphatic heterocycles. The zero-order chi connectivity index (χ0) is 19.9. The first-order valence-corrected chi connectivity index (χ1v) is 9.46. The van der Waals surface area contributed by atoms with Gasteiger partial charge < -0.3 is 9.64 Å². The van der Waals surface area contributed by atoms with E-state index in [1.807, 2.05) is 23.7 Å². The molecule has 28 heavy (non-hydrogen) atoms. The molecule has 0 unspecified atom stereocenters. The number of ether oxygens (including phenoxy) is 1. The Hall–Kier alpha value is -2.48. The molecule has 0 saturated carbocycles. The van der Waals surface area contributed by atoms with E-state index in [-0.39, 0.29) is 17.2 Å². The second-order valence-electron chi connectivity index (χ2n) is 7.71. The Balaban J connectivity index is 1.46. The van der Waals surface area contributed by atoms with Crippen molar-refractivity contribution in [3.8, 4) is 5.75 Å². The summed E-state index contributed by atoms with van der Waals surface area (Å²) < 4.78 is 31.4. The van der Waals surface area contributed by atoms with Crippen LogP contribution in [-0.4, -0.2) is 47.3 Å². The molecule has 0 bridgehead atoms. The van der Waals surface area contributed by atoms with Gasteiger partial charge in [-0.15, -0.1) is 0 Å². The maximum Gasteiger partial charge on any atom is 0.387 e. The van der Waals surface area contributed by atoms with Crippen molar-refractivity contribution in [1.29, 1.82) is 0 Å². The molecule has 0 radical (unpaired) electrons. The van der Waals surface area contributed by atoms with Crippen LogP contribution < -0.4 is 9.64 Å². The summed E-state index contributed by atoms with van der Waals surface area (Å²) in [7, 11) is 1.80. The van der Waals surface area contributed by atoms with E-state index < -0.39 is 6.61 Å². The van der Waals surface area contributed by atoms with E-state index in [0.29, 0.717) is 13.0 Å². The molecule has 4 rings (SSSR count). The number of amides is 1. The van der Waals surface area contributed by atoms with Gasteiger partial charge in [-0.3, -0.25) is 9.69 Å². The molecule has 1 fully saturated rings. The summed E-state index contributed by atoms with van der Waals surface area (Å²) in [5.74, 6) is 1.16. The van der Waals surface area contributed by atoms with Gasteiger partial charge in [0.2, 0.25) is 5.91 Å². The van der Waals surface area contributed by atoms with Gasteiger partial charge >= 0.3 is 6.61 Å². The van der Waals surface area contributed by atoms with E-state index in [1.165, 1.54) is 6.07 Å². The molecule has 1 amide bonds. The molecule has 3 heterocycles. The largest absolute Gasteiger partial charge is 0.435 e. The van der Waals surface area contributed by atoms with Crippen LogP contribution in [0.25, 0.3) is 0 Å². The Morgan fingerprint density at radius 3 is 2.71 bits per heavy atom. The molecular weight excluding hydrogens is 366 g/mol. The van der Waals surface area contributed by atoms with Crippen LogP contribution in [0.15, 0.2) is 30.3 Å². The minimum atomic E-state index is -2.82. The summed E-state index contributed by atoms with van der Waals surface area (Å²) >= 11 is 0. The fourth-order valence-corrected chi connectivity index (χ4v) is 4.27. The first kappa shape index (κ1) is 18.9. The molecule has 0 N–H and O–H groups in total. The molecule has 6 nitrogen and oxygen atoms in total. The van der Waals surface area contributed by atoms with Gasteiger partial charge in [-0.2, -0.15) is 13.9 Å². The Morgan fingerprint density at radius 2 is 2.00 bits per heavy atom. The summed E-state index contributed by atoms with van der Waals surface area (Å²) in [5, 5.41) is 4.68. The van der Waals surface area contributed by atoms with Crippen LogP contribution in [0.5, 0.6) is 5.75 Å². The van der Waals surface area contributed by atoms with E-state index in [2.05, 4.69) is 14.7 Å². The molecule has 2 aromatic rings. The molecule has 1 aromatic heterocycles.